The van der Waals surface area contributed by atoms with E-state index in [0.717, 1.165) is 32.2 Å². The zero-order valence-corrected chi connectivity index (χ0v) is 13.0. The molecule has 20 heavy (non-hydrogen) atoms. The number of carbonyl (C=O) groups excluding carboxylic acids is 1. The van der Waals surface area contributed by atoms with Crippen LogP contribution in [0.15, 0.2) is 17.5 Å². The van der Waals surface area contributed by atoms with Gasteiger partial charge in [-0.25, -0.2) is 0 Å². The number of piperidine rings is 1. The van der Waals surface area contributed by atoms with Gasteiger partial charge in [-0.1, -0.05) is 18.9 Å². The molecule has 0 spiro atoms. The zero-order chi connectivity index (χ0) is 13.8. The van der Waals surface area contributed by atoms with Gasteiger partial charge in [0.05, 0.1) is 0 Å². The van der Waals surface area contributed by atoms with Gasteiger partial charge in [-0.3, -0.25) is 9.69 Å². The Labute approximate surface area is 126 Å². The molecule has 0 N–H and O–H groups in total. The van der Waals surface area contributed by atoms with Gasteiger partial charge in [-0.2, -0.15) is 0 Å². The fourth-order valence-corrected chi connectivity index (χ4v) is 4.57. The first-order valence-electron chi connectivity index (χ1n) is 8.14. The van der Waals surface area contributed by atoms with Crippen molar-refractivity contribution in [1.82, 2.24) is 4.90 Å². The van der Waals surface area contributed by atoms with Crippen LogP contribution in [0.1, 0.15) is 49.8 Å². The monoisotopic (exact) mass is 291 g/mol. The summed E-state index contributed by atoms with van der Waals surface area (Å²) in [6.07, 6.45) is 9.35. The molecule has 1 saturated carbocycles. The smallest absolute Gasteiger partial charge is 0.137 e. The largest absolute Gasteiger partial charge is 0.299 e. The molecule has 0 radical (unpaired) electrons. The Morgan fingerprint density at radius 3 is 2.90 bits per heavy atom. The van der Waals surface area contributed by atoms with Crippen LogP contribution in [0.3, 0.4) is 0 Å². The molecular formula is C17H25NOS. The number of hydrogen-bond acceptors (Lipinski definition) is 3. The SMILES string of the molecule is O=C1CCCCC1C1CCCCN1CCc1cccs1. The van der Waals surface area contributed by atoms with E-state index in [0.29, 0.717) is 17.7 Å². The number of nitrogens with zero attached hydrogens (tertiary/aromatic N) is 1. The molecule has 1 saturated heterocycles. The first-order valence-corrected chi connectivity index (χ1v) is 9.02. The Hall–Kier alpha value is -0.670. The molecule has 1 aromatic rings. The van der Waals surface area contributed by atoms with Crippen LogP contribution < -0.4 is 0 Å². The third-order valence-electron chi connectivity index (χ3n) is 4.96. The molecule has 1 aliphatic carbocycles. The van der Waals surface area contributed by atoms with Crippen molar-refractivity contribution in [1.29, 1.82) is 0 Å². The summed E-state index contributed by atoms with van der Waals surface area (Å²) in [4.78, 5) is 16.3. The number of likely N-dealkylation sites (tertiary alicyclic amines) is 1. The van der Waals surface area contributed by atoms with Crippen LogP contribution in [0.4, 0.5) is 0 Å². The molecule has 3 heteroatoms. The van der Waals surface area contributed by atoms with Gasteiger partial charge in [0.15, 0.2) is 0 Å². The number of hydrogen-bond donors (Lipinski definition) is 0. The highest BCUT2D eigenvalue weighted by atomic mass is 32.1. The minimum absolute atomic E-state index is 0.340. The molecule has 2 unspecified atom stereocenters. The van der Waals surface area contributed by atoms with Gasteiger partial charge in [-0.05, 0) is 50.1 Å². The number of thiophene rings is 1. The van der Waals surface area contributed by atoms with Crippen molar-refractivity contribution in [2.45, 2.75) is 57.4 Å². The summed E-state index contributed by atoms with van der Waals surface area (Å²) >= 11 is 1.86. The van der Waals surface area contributed by atoms with Crippen LogP contribution in [0, 0.1) is 5.92 Å². The number of ketones is 1. The maximum Gasteiger partial charge on any atom is 0.137 e. The van der Waals surface area contributed by atoms with E-state index in [2.05, 4.69) is 22.4 Å². The Morgan fingerprint density at radius 2 is 2.10 bits per heavy atom. The van der Waals surface area contributed by atoms with Crippen LogP contribution >= 0.6 is 11.3 Å². The van der Waals surface area contributed by atoms with Gasteiger partial charge in [0, 0.05) is 29.8 Å². The van der Waals surface area contributed by atoms with Crippen molar-refractivity contribution in [3.05, 3.63) is 22.4 Å². The first-order chi connectivity index (χ1) is 9.84. The van der Waals surface area contributed by atoms with Crippen molar-refractivity contribution < 1.29 is 4.79 Å². The fraction of sp³-hybridized carbons (Fsp3) is 0.706. The van der Waals surface area contributed by atoms with Gasteiger partial charge in [0.2, 0.25) is 0 Å². The summed E-state index contributed by atoms with van der Waals surface area (Å²) < 4.78 is 0. The third-order valence-corrected chi connectivity index (χ3v) is 5.89. The minimum atomic E-state index is 0.340. The van der Waals surface area contributed by atoms with Crippen LogP contribution in [0.2, 0.25) is 0 Å². The standard InChI is InChI=1S/C17H25NOS/c19-17-9-2-1-7-15(17)16-8-3-4-11-18(16)12-10-14-6-5-13-20-14/h5-6,13,15-16H,1-4,7-12H2. The van der Waals surface area contributed by atoms with E-state index in [1.807, 2.05) is 11.3 Å². The van der Waals surface area contributed by atoms with Gasteiger partial charge in [0.1, 0.15) is 5.78 Å². The lowest BCUT2D eigenvalue weighted by atomic mass is 9.79. The van der Waals surface area contributed by atoms with Gasteiger partial charge in [0.25, 0.3) is 0 Å². The highest BCUT2D eigenvalue weighted by molar-refractivity contribution is 7.09. The summed E-state index contributed by atoms with van der Waals surface area (Å²) in [5, 5.41) is 2.16. The Kier molecular flexibility index (Phi) is 4.90. The molecule has 2 atom stereocenters. The molecule has 2 aliphatic rings. The average Bonchev–Trinajstić information content (AvgIpc) is 2.99. The molecule has 1 aromatic heterocycles. The molecule has 2 heterocycles. The molecule has 1 aliphatic heterocycles. The Balaban J connectivity index is 1.62. The van der Waals surface area contributed by atoms with Crippen LogP contribution in [-0.2, 0) is 11.2 Å². The van der Waals surface area contributed by atoms with Crippen molar-refractivity contribution >= 4 is 17.1 Å². The molecule has 0 amide bonds. The van der Waals surface area contributed by atoms with Crippen molar-refractivity contribution in [2.24, 2.45) is 5.92 Å². The lowest BCUT2D eigenvalue weighted by Gasteiger charge is -2.41. The second kappa shape index (κ2) is 6.86. The Bertz CT molecular complexity index is 428. The predicted molar refractivity (Wildman–Crippen MR) is 84.2 cm³/mol. The van der Waals surface area contributed by atoms with Gasteiger partial charge >= 0.3 is 0 Å². The van der Waals surface area contributed by atoms with E-state index in [-0.39, 0.29) is 0 Å². The zero-order valence-electron chi connectivity index (χ0n) is 12.2. The van der Waals surface area contributed by atoms with E-state index in [9.17, 15) is 4.79 Å². The lowest BCUT2D eigenvalue weighted by molar-refractivity contribution is -0.127. The highest BCUT2D eigenvalue weighted by Gasteiger charge is 2.34. The van der Waals surface area contributed by atoms with E-state index in [1.165, 1.54) is 37.1 Å². The summed E-state index contributed by atoms with van der Waals surface area (Å²) in [6, 6.07) is 4.91. The van der Waals surface area contributed by atoms with Crippen LogP contribution in [0.25, 0.3) is 0 Å². The van der Waals surface area contributed by atoms with E-state index < -0.39 is 0 Å². The van der Waals surface area contributed by atoms with E-state index >= 15 is 0 Å². The van der Waals surface area contributed by atoms with Crippen LogP contribution in [0.5, 0.6) is 0 Å². The minimum Gasteiger partial charge on any atom is -0.299 e. The summed E-state index contributed by atoms with van der Waals surface area (Å²) in [7, 11) is 0. The number of rotatable bonds is 4. The van der Waals surface area contributed by atoms with E-state index in [1.54, 1.807) is 0 Å². The average molecular weight is 291 g/mol. The van der Waals surface area contributed by atoms with Crippen LogP contribution in [-0.4, -0.2) is 29.8 Å². The van der Waals surface area contributed by atoms with Crippen molar-refractivity contribution in [3.8, 4) is 0 Å². The molecule has 2 nitrogen and oxygen atoms in total. The summed E-state index contributed by atoms with van der Waals surface area (Å²) in [5.41, 5.74) is 0. The normalized spacial score (nSPS) is 28.7. The Morgan fingerprint density at radius 1 is 1.20 bits per heavy atom. The van der Waals surface area contributed by atoms with Gasteiger partial charge in [-0.15, -0.1) is 11.3 Å². The maximum absolute atomic E-state index is 12.2. The molecule has 0 bridgehead atoms. The predicted octanol–water partition coefficient (Wildman–Crippen LogP) is 3.90. The molecular weight excluding hydrogens is 266 g/mol. The highest BCUT2D eigenvalue weighted by Crippen LogP contribution is 2.31. The first kappa shape index (κ1) is 14.3. The second-order valence-electron chi connectivity index (χ2n) is 6.25. The lowest BCUT2D eigenvalue weighted by Crippen LogP contribution is -2.48. The van der Waals surface area contributed by atoms with E-state index in [4.69, 9.17) is 0 Å². The summed E-state index contributed by atoms with van der Waals surface area (Å²) in [6.45, 7) is 2.33. The van der Waals surface area contributed by atoms with Crippen molar-refractivity contribution in [3.63, 3.8) is 0 Å². The topological polar surface area (TPSA) is 20.3 Å². The number of Topliss-reactive ketones (excluding diaryl/α,β-unsaturated/α-hetero) is 1. The maximum atomic E-state index is 12.2. The third kappa shape index (κ3) is 3.32. The van der Waals surface area contributed by atoms with Crippen molar-refractivity contribution in [2.75, 3.05) is 13.1 Å². The summed E-state index contributed by atoms with van der Waals surface area (Å²) in [5.74, 6) is 0.886. The molecule has 3 rings (SSSR count). The quantitative estimate of drug-likeness (QED) is 0.838. The van der Waals surface area contributed by atoms with Gasteiger partial charge < -0.3 is 0 Å². The fourth-order valence-electron chi connectivity index (χ4n) is 3.88. The number of carbonyl (C=O) groups is 1. The second-order valence-corrected chi connectivity index (χ2v) is 7.28. The molecule has 110 valence electrons. The molecule has 0 aromatic carbocycles. The molecule has 2 fully saturated rings.